The first-order chi connectivity index (χ1) is 13.4. The van der Waals surface area contributed by atoms with Gasteiger partial charge in [-0.15, -0.1) is 0 Å². The number of amides is 3. The number of piperazine rings is 1. The third-order valence-corrected chi connectivity index (χ3v) is 5.16. The van der Waals surface area contributed by atoms with Crippen LogP contribution in [-0.2, 0) is 23.9 Å². The van der Waals surface area contributed by atoms with Crippen molar-refractivity contribution in [2.45, 2.75) is 13.3 Å². The van der Waals surface area contributed by atoms with Crippen LogP contribution in [0.2, 0.25) is 5.02 Å². The lowest BCUT2D eigenvalue weighted by molar-refractivity contribution is -0.161. The highest BCUT2D eigenvalue weighted by Crippen LogP contribution is 2.28. The fourth-order valence-corrected chi connectivity index (χ4v) is 3.66. The van der Waals surface area contributed by atoms with Gasteiger partial charge in [-0.25, -0.2) is 4.79 Å². The molecular formula is C19H22ClN3O5. The van der Waals surface area contributed by atoms with Crippen molar-refractivity contribution in [2.75, 3.05) is 44.2 Å². The van der Waals surface area contributed by atoms with Crippen LogP contribution in [-0.4, -0.2) is 72.8 Å². The molecule has 0 bridgehead atoms. The van der Waals surface area contributed by atoms with Crippen LogP contribution in [0.25, 0.3) is 0 Å². The average Bonchev–Trinajstić information content (AvgIpc) is 3.09. The summed E-state index contributed by atoms with van der Waals surface area (Å²) < 4.78 is 4.72. The molecule has 2 aliphatic rings. The summed E-state index contributed by atoms with van der Waals surface area (Å²) >= 11 is 5.99. The summed E-state index contributed by atoms with van der Waals surface area (Å²) in [6.45, 7) is 3.26. The molecule has 0 N–H and O–H groups in total. The summed E-state index contributed by atoms with van der Waals surface area (Å²) in [6.07, 6.45) is 0.146. The van der Waals surface area contributed by atoms with Crippen molar-refractivity contribution in [3.05, 3.63) is 29.3 Å². The molecule has 3 amide bonds. The lowest BCUT2D eigenvalue weighted by atomic mass is 10.1. The molecule has 2 heterocycles. The first-order valence-corrected chi connectivity index (χ1v) is 9.59. The topological polar surface area (TPSA) is 87.2 Å². The second-order valence-corrected chi connectivity index (χ2v) is 7.16. The molecule has 0 aromatic heterocycles. The predicted octanol–water partition coefficient (Wildman–Crippen LogP) is 0.927. The second kappa shape index (κ2) is 8.60. The largest absolute Gasteiger partial charge is 0.459 e. The van der Waals surface area contributed by atoms with Crippen molar-refractivity contribution in [2.24, 2.45) is 5.92 Å². The van der Waals surface area contributed by atoms with Crippen molar-refractivity contribution in [3.63, 3.8) is 0 Å². The summed E-state index contributed by atoms with van der Waals surface area (Å²) in [4.78, 5) is 53.3. The van der Waals surface area contributed by atoms with Gasteiger partial charge in [-0.1, -0.05) is 17.7 Å². The van der Waals surface area contributed by atoms with Gasteiger partial charge in [-0.3, -0.25) is 14.4 Å². The highest BCUT2D eigenvalue weighted by molar-refractivity contribution is 6.32. The zero-order valence-corrected chi connectivity index (χ0v) is 16.4. The highest BCUT2D eigenvalue weighted by atomic mass is 35.5. The monoisotopic (exact) mass is 407 g/mol. The van der Waals surface area contributed by atoms with E-state index in [1.807, 2.05) is 0 Å². The normalized spacial score (nSPS) is 19.7. The average molecular weight is 408 g/mol. The maximum absolute atomic E-state index is 12.8. The molecule has 0 spiro atoms. The van der Waals surface area contributed by atoms with Gasteiger partial charge < -0.3 is 19.4 Å². The van der Waals surface area contributed by atoms with Crippen LogP contribution in [0.5, 0.6) is 0 Å². The van der Waals surface area contributed by atoms with Gasteiger partial charge in [0.15, 0.2) is 0 Å². The van der Waals surface area contributed by atoms with E-state index in [9.17, 15) is 19.2 Å². The van der Waals surface area contributed by atoms with Crippen molar-refractivity contribution >= 4 is 41.0 Å². The van der Waals surface area contributed by atoms with E-state index < -0.39 is 17.8 Å². The molecule has 0 unspecified atom stereocenters. The van der Waals surface area contributed by atoms with Gasteiger partial charge in [0.05, 0.1) is 12.5 Å². The minimum Gasteiger partial charge on any atom is -0.459 e. The number of carbonyl (C=O) groups excluding carboxylic acids is 4. The highest BCUT2D eigenvalue weighted by Gasteiger charge is 2.38. The fraction of sp³-hybridized carbons (Fsp3) is 0.474. The zero-order chi connectivity index (χ0) is 20.3. The molecule has 1 aromatic carbocycles. The minimum absolute atomic E-state index is 0.110. The van der Waals surface area contributed by atoms with E-state index in [0.717, 1.165) is 0 Å². The van der Waals surface area contributed by atoms with Crippen LogP contribution in [0, 0.1) is 5.92 Å². The lowest BCUT2D eigenvalue weighted by Crippen LogP contribution is -2.53. The molecule has 28 heavy (non-hydrogen) atoms. The van der Waals surface area contributed by atoms with Crippen molar-refractivity contribution in [1.82, 2.24) is 9.80 Å². The molecular weight excluding hydrogens is 386 g/mol. The number of rotatable bonds is 3. The number of halogens is 1. The molecule has 150 valence electrons. The Morgan fingerprint density at radius 3 is 2.46 bits per heavy atom. The van der Waals surface area contributed by atoms with E-state index >= 15 is 0 Å². The quantitative estimate of drug-likeness (QED) is 0.549. The second-order valence-electron chi connectivity index (χ2n) is 6.72. The molecule has 2 aliphatic heterocycles. The Labute approximate surface area is 168 Å². The Kier molecular flexibility index (Phi) is 6.18. The molecule has 8 nitrogen and oxygen atoms in total. The molecule has 0 radical (unpaired) electrons. The van der Waals surface area contributed by atoms with E-state index in [4.69, 9.17) is 16.3 Å². The lowest BCUT2D eigenvalue weighted by Gasteiger charge is -2.35. The summed E-state index contributed by atoms with van der Waals surface area (Å²) in [6, 6.07) is 6.98. The first kappa shape index (κ1) is 20.1. The molecule has 1 aromatic rings. The van der Waals surface area contributed by atoms with Crippen LogP contribution in [0.1, 0.15) is 13.3 Å². The number of hydrogen-bond acceptors (Lipinski definition) is 5. The van der Waals surface area contributed by atoms with E-state index in [-0.39, 0.29) is 37.9 Å². The summed E-state index contributed by atoms with van der Waals surface area (Å²) in [5.41, 5.74) is 0.678. The van der Waals surface area contributed by atoms with Gasteiger partial charge in [0.25, 0.3) is 0 Å². The summed E-state index contributed by atoms with van der Waals surface area (Å²) in [5, 5.41) is 0.530. The molecule has 1 atom stereocenters. The summed E-state index contributed by atoms with van der Waals surface area (Å²) in [5.74, 6) is -2.21. The Morgan fingerprint density at radius 2 is 1.82 bits per heavy atom. The maximum Gasteiger partial charge on any atom is 0.397 e. The SMILES string of the molecule is CCOC(=O)C(=O)N1CCN(C(=O)[C@H]2CC(=O)N(c3cccc(Cl)c3)C2)CC1. The van der Waals surface area contributed by atoms with Crippen LogP contribution in [0.3, 0.4) is 0 Å². The number of esters is 1. The van der Waals surface area contributed by atoms with E-state index in [1.54, 1.807) is 41.0 Å². The van der Waals surface area contributed by atoms with Gasteiger partial charge in [-0.05, 0) is 25.1 Å². The van der Waals surface area contributed by atoms with Crippen molar-refractivity contribution < 1.29 is 23.9 Å². The number of hydrogen-bond donors (Lipinski definition) is 0. The number of benzene rings is 1. The van der Waals surface area contributed by atoms with Crippen LogP contribution >= 0.6 is 11.6 Å². The maximum atomic E-state index is 12.8. The van der Waals surface area contributed by atoms with Gasteiger partial charge >= 0.3 is 11.9 Å². The Bertz CT molecular complexity index is 792. The third-order valence-electron chi connectivity index (χ3n) is 4.92. The van der Waals surface area contributed by atoms with Crippen molar-refractivity contribution in [1.29, 1.82) is 0 Å². The number of ether oxygens (including phenoxy) is 1. The molecule has 3 rings (SSSR count). The number of nitrogens with zero attached hydrogens (tertiary/aromatic N) is 3. The Morgan fingerprint density at radius 1 is 1.14 bits per heavy atom. The Balaban J connectivity index is 1.56. The molecule has 2 fully saturated rings. The minimum atomic E-state index is -0.874. The smallest absolute Gasteiger partial charge is 0.397 e. The number of carbonyl (C=O) groups is 4. The zero-order valence-electron chi connectivity index (χ0n) is 15.6. The van der Waals surface area contributed by atoms with E-state index in [1.165, 1.54) is 4.90 Å². The van der Waals surface area contributed by atoms with Gasteiger partial charge in [0, 0.05) is 49.9 Å². The van der Waals surface area contributed by atoms with E-state index in [2.05, 4.69) is 0 Å². The fourth-order valence-electron chi connectivity index (χ4n) is 3.48. The third kappa shape index (κ3) is 4.27. The molecule has 2 saturated heterocycles. The van der Waals surface area contributed by atoms with Crippen molar-refractivity contribution in [3.8, 4) is 0 Å². The van der Waals surface area contributed by atoms with Gasteiger partial charge in [0.1, 0.15) is 0 Å². The first-order valence-electron chi connectivity index (χ1n) is 9.21. The molecule has 0 aliphatic carbocycles. The number of anilines is 1. The van der Waals surface area contributed by atoms with Crippen LogP contribution in [0.15, 0.2) is 24.3 Å². The summed E-state index contributed by atoms with van der Waals surface area (Å²) in [7, 11) is 0. The predicted molar refractivity (Wildman–Crippen MR) is 102 cm³/mol. The van der Waals surface area contributed by atoms with Gasteiger partial charge in [-0.2, -0.15) is 0 Å². The van der Waals surface area contributed by atoms with E-state index in [0.29, 0.717) is 30.3 Å². The standard InChI is InChI=1S/C19H22ClN3O5/c1-2-28-19(27)18(26)22-8-6-21(7-9-22)17(25)13-10-16(24)23(12-13)15-5-3-4-14(20)11-15/h3-5,11,13H,2,6-10,12H2,1H3/t13-/m0/s1. The Hall–Kier alpha value is -2.61. The van der Waals surface area contributed by atoms with Gasteiger partial charge in [0.2, 0.25) is 11.8 Å². The van der Waals surface area contributed by atoms with Crippen LogP contribution in [0.4, 0.5) is 5.69 Å². The molecule has 0 saturated carbocycles. The molecule has 9 heteroatoms. The van der Waals surface area contributed by atoms with Crippen LogP contribution < -0.4 is 4.90 Å².